The second kappa shape index (κ2) is 13.6. The minimum atomic E-state index is -0.452. The average Bonchev–Trinajstić information content (AvgIpc) is 3.62. The van der Waals surface area contributed by atoms with E-state index in [2.05, 4.69) is 16.9 Å². The molecule has 2 aromatic carbocycles. The second-order valence-electron chi connectivity index (χ2n) is 10.6. The minimum absolute atomic E-state index is 0.431. The lowest BCUT2D eigenvalue weighted by molar-refractivity contribution is 0.135. The Bertz CT molecular complexity index is 1440. The third kappa shape index (κ3) is 7.18. The van der Waals surface area contributed by atoms with Gasteiger partial charge >= 0.3 is 6.09 Å². The standard InChI is InChI=1S/C33H37Cl2N3O3/c1-3-26(40-20-6-18-36-25-7-4-5-8-25)13-9-22(2)32-31-28(29-21-24(35)12-16-30(29)37-31)17-19-38(32)33(39)41-27-14-10-23(34)11-15-27/h3,9-16,21,25,32,36-37H,2,4-8,17-20H2,1H3/b13-9-,26-3+/t32-/m0/s1. The van der Waals surface area contributed by atoms with Crippen molar-refractivity contribution in [3.05, 3.63) is 99.9 Å². The Labute approximate surface area is 252 Å². The maximum Gasteiger partial charge on any atom is 0.416 e. The number of carbonyl (C=O) groups excluding carboxylic acids is 1. The van der Waals surface area contributed by atoms with Crippen LogP contribution in [0.15, 0.2) is 78.6 Å². The van der Waals surface area contributed by atoms with Gasteiger partial charge in [-0.1, -0.05) is 48.7 Å². The van der Waals surface area contributed by atoms with E-state index in [9.17, 15) is 4.79 Å². The van der Waals surface area contributed by atoms with Gasteiger partial charge in [0.1, 0.15) is 17.6 Å². The molecule has 3 aromatic rings. The number of allylic oxidation sites excluding steroid dienone is 2. The van der Waals surface area contributed by atoms with Crippen LogP contribution in [0.3, 0.4) is 0 Å². The lowest BCUT2D eigenvalue weighted by atomic mass is 9.93. The fourth-order valence-electron chi connectivity index (χ4n) is 5.71. The molecule has 1 atom stereocenters. The molecule has 41 heavy (non-hydrogen) atoms. The molecule has 1 amide bonds. The molecule has 8 heteroatoms. The third-order valence-electron chi connectivity index (χ3n) is 7.82. The topological polar surface area (TPSA) is 66.6 Å². The SMILES string of the molecule is C=C(/C=C\C(=C/C)OCCCNC1CCCC1)[C@H]1c2[nH]c3ccc(Cl)cc3c2CCN1C(=O)Oc1ccc(Cl)cc1. The van der Waals surface area contributed by atoms with E-state index in [-0.39, 0.29) is 0 Å². The smallest absolute Gasteiger partial charge is 0.416 e. The minimum Gasteiger partial charge on any atom is -0.494 e. The molecule has 0 radical (unpaired) electrons. The molecule has 1 aliphatic carbocycles. The lowest BCUT2D eigenvalue weighted by Gasteiger charge is -2.35. The molecule has 5 rings (SSSR count). The van der Waals surface area contributed by atoms with Crippen molar-refractivity contribution < 1.29 is 14.3 Å². The van der Waals surface area contributed by atoms with Crippen molar-refractivity contribution in [2.24, 2.45) is 0 Å². The van der Waals surface area contributed by atoms with E-state index in [0.29, 0.717) is 41.4 Å². The summed E-state index contributed by atoms with van der Waals surface area (Å²) in [7, 11) is 0. The molecule has 0 bridgehead atoms. The molecule has 1 saturated carbocycles. The van der Waals surface area contributed by atoms with Crippen molar-refractivity contribution in [1.29, 1.82) is 0 Å². The first-order valence-corrected chi connectivity index (χ1v) is 15.1. The van der Waals surface area contributed by atoms with Crippen molar-refractivity contribution in [2.45, 2.75) is 57.5 Å². The van der Waals surface area contributed by atoms with Gasteiger partial charge in [-0.2, -0.15) is 0 Å². The van der Waals surface area contributed by atoms with Gasteiger partial charge in [-0.25, -0.2) is 4.79 Å². The molecule has 2 heterocycles. The zero-order chi connectivity index (χ0) is 28.8. The summed E-state index contributed by atoms with van der Waals surface area (Å²) in [6.07, 6.45) is 12.2. The van der Waals surface area contributed by atoms with Crippen LogP contribution in [0.25, 0.3) is 10.9 Å². The van der Waals surface area contributed by atoms with Gasteiger partial charge in [0.15, 0.2) is 0 Å². The zero-order valence-corrected chi connectivity index (χ0v) is 24.9. The van der Waals surface area contributed by atoms with Crippen LogP contribution in [0.5, 0.6) is 5.75 Å². The maximum absolute atomic E-state index is 13.5. The number of H-pyrrole nitrogens is 1. The number of halogens is 2. The second-order valence-corrected chi connectivity index (χ2v) is 11.5. The molecular formula is C33H37Cl2N3O3. The zero-order valence-electron chi connectivity index (χ0n) is 23.4. The molecule has 0 spiro atoms. The number of nitrogens with one attached hydrogen (secondary N) is 2. The first kappa shape index (κ1) is 29.3. The Morgan fingerprint density at radius 2 is 1.88 bits per heavy atom. The van der Waals surface area contributed by atoms with Crippen LogP contribution in [-0.4, -0.2) is 41.7 Å². The molecular weight excluding hydrogens is 557 g/mol. The van der Waals surface area contributed by atoms with Gasteiger partial charge < -0.3 is 19.8 Å². The third-order valence-corrected chi connectivity index (χ3v) is 8.30. The summed E-state index contributed by atoms with van der Waals surface area (Å²) in [4.78, 5) is 18.7. The Kier molecular flexibility index (Phi) is 9.76. The highest BCUT2D eigenvalue weighted by molar-refractivity contribution is 6.31. The van der Waals surface area contributed by atoms with Crippen LogP contribution in [0.2, 0.25) is 10.0 Å². The Morgan fingerprint density at radius 1 is 1.12 bits per heavy atom. The number of benzene rings is 2. The Morgan fingerprint density at radius 3 is 2.63 bits per heavy atom. The monoisotopic (exact) mass is 593 g/mol. The van der Waals surface area contributed by atoms with Crippen molar-refractivity contribution >= 4 is 40.2 Å². The number of aromatic nitrogens is 1. The molecule has 6 nitrogen and oxygen atoms in total. The predicted octanol–water partition coefficient (Wildman–Crippen LogP) is 8.53. The van der Waals surface area contributed by atoms with E-state index in [1.54, 1.807) is 29.2 Å². The molecule has 216 valence electrons. The van der Waals surface area contributed by atoms with Crippen molar-refractivity contribution in [2.75, 3.05) is 19.7 Å². The number of carbonyl (C=O) groups is 1. The number of fused-ring (bicyclic) bond motifs is 3. The van der Waals surface area contributed by atoms with Crippen molar-refractivity contribution in [3.8, 4) is 5.75 Å². The fourth-order valence-corrected chi connectivity index (χ4v) is 6.01. The van der Waals surface area contributed by atoms with E-state index in [1.165, 1.54) is 25.7 Å². The quantitative estimate of drug-likeness (QED) is 0.140. The highest BCUT2D eigenvalue weighted by Gasteiger charge is 2.35. The van der Waals surface area contributed by atoms with Crippen LogP contribution in [-0.2, 0) is 11.2 Å². The summed E-state index contributed by atoms with van der Waals surface area (Å²) in [6, 6.07) is 12.8. The number of ether oxygens (including phenoxy) is 2. The van der Waals surface area contributed by atoms with E-state index >= 15 is 0 Å². The summed E-state index contributed by atoms with van der Waals surface area (Å²) >= 11 is 12.3. The first-order valence-electron chi connectivity index (χ1n) is 14.4. The molecule has 1 fully saturated rings. The van der Waals surface area contributed by atoms with Crippen molar-refractivity contribution in [3.63, 3.8) is 0 Å². The largest absolute Gasteiger partial charge is 0.494 e. The summed E-state index contributed by atoms with van der Waals surface area (Å²) in [5, 5.41) is 5.94. The van der Waals surface area contributed by atoms with Crippen LogP contribution in [0.4, 0.5) is 4.79 Å². The van der Waals surface area contributed by atoms with Crippen LogP contribution in [0, 0.1) is 0 Å². The van der Waals surface area contributed by atoms with E-state index in [4.69, 9.17) is 32.7 Å². The molecule has 2 N–H and O–H groups in total. The molecule has 0 saturated heterocycles. The maximum atomic E-state index is 13.5. The highest BCUT2D eigenvalue weighted by atomic mass is 35.5. The van der Waals surface area contributed by atoms with Gasteiger partial charge in [-0.3, -0.25) is 4.90 Å². The van der Waals surface area contributed by atoms with Gasteiger partial charge in [-0.05, 0) is 105 Å². The van der Waals surface area contributed by atoms with Crippen LogP contribution >= 0.6 is 23.2 Å². The number of hydrogen-bond donors (Lipinski definition) is 2. The van der Waals surface area contributed by atoms with Crippen LogP contribution < -0.4 is 10.1 Å². The highest BCUT2D eigenvalue weighted by Crippen LogP contribution is 2.39. The summed E-state index contributed by atoms with van der Waals surface area (Å²) in [6.45, 7) is 8.39. The predicted molar refractivity (Wildman–Crippen MR) is 167 cm³/mol. The van der Waals surface area contributed by atoms with E-state index in [1.807, 2.05) is 43.4 Å². The van der Waals surface area contributed by atoms with Gasteiger partial charge in [0.2, 0.25) is 0 Å². The first-order chi connectivity index (χ1) is 19.9. The van der Waals surface area contributed by atoms with Crippen LogP contribution in [0.1, 0.15) is 56.3 Å². The Hall–Kier alpha value is -3.19. The molecule has 1 aliphatic heterocycles. The summed E-state index contributed by atoms with van der Waals surface area (Å²) in [5.41, 5.74) is 3.76. The normalized spacial score (nSPS) is 17.8. The fraction of sp³-hybridized carbons (Fsp3) is 0.364. The van der Waals surface area contributed by atoms with E-state index < -0.39 is 12.1 Å². The number of hydrogen-bond acceptors (Lipinski definition) is 4. The van der Waals surface area contributed by atoms with Gasteiger partial charge in [0, 0.05) is 39.2 Å². The number of nitrogens with zero attached hydrogens (tertiary/aromatic N) is 1. The molecule has 1 aromatic heterocycles. The van der Waals surface area contributed by atoms with E-state index in [0.717, 1.165) is 46.5 Å². The molecule has 0 unspecified atom stereocenters. The van der Waals surface area contributed by atoms with Gasteiger partial charge in [0.25, 0.3) is 0 Å². The van der Waals surface area contributed by atoms with Crippen molar-refractivity contribution in [1.82, 2.24) is 15.2 Å². The van der Waals surface area contributed by atoms with Gasteiger partial charge in [0.05, 0.1) is 6.61 Å². The summed E-state index contributed by atoms with van der Waals surface area (Å²) in [5.74, 6) is 1.20. The molecule has 2 aliphatic rings. The summed E-state index contributed by atoms with van der Waals surface area (Å²) < 4.78 is 11.8. The van der Waals surface area contributed by atoms with Gasteiger partial charge in [-0.15, -0.1) is 0 Å². The number of amides is 1. The average molecular weight is 595 g/mol. The Balaban J connectivity index is 1.31. The lowest BCUT2D eigenvalue weighted by Crippen LogP contribution is -2.42. The number of aromatic amines is 1. The number of rotatable bonds is 10.